The molecule has 1 spiro atoms. The van der Waals surface area contributed by atoms with Crippen molar-refractivity contribution in [1.29, 1.82) is 0 Å². The maximum atomic E-state index is 11.0. The minimum atomic E-state index is -0.0418. The molecule has 0 radical (unpaired) electrons. The fraction of sp³-hybridized carbons (Fsp3) is 0.933. The van der Waals surface area contributed by atoms with Crippen LogP contribution in [0.5, 0.6) is 0 Å². The van der Waals surface area contributed by atoms with Crippen LogP contribution in [-0.2, 0) is 4.79 Å². The Kier molecular flexibility index (Phi) is 5.64. The van der Waals surface area contributed by atoms with Gasteiger partial charge in [0.15, 0.2) is 0 Å². The highest BCUT2D eigenvalue weighted by molar-refractivity contribution is 5.75. The van der Waals surface area contributed by atoms with Gasteiger partial charge in [-0.1, -0.05) is 19.3 Å². The summed E-state index contributed by atoms with van der Waals surface area (Å²) < 4.78 is 0. The number of carbonyl (C=O) groups excluding carboxylic acids is 1. The first-order chi connectivity index (χ1) is 9.24. The molecule has 0 unspecified atom stereocenters. The van der Waals surface area contributed by atoms with E-state index >= 15 is 0 Å². The lowest BCUT2D eigenvalue weighted by atomic mass is 9.68. The second kappa shape index (κ2) is 7.25. The Hall–Kier alpha value is -0.610. The lowest BCUT2D eigenvalue weighted by Gasteiger charge is -2.44. The molecule has 4 nitrogen and oxygen atoms in total. The van der Waals surface area contributed by atoms with E-state index in [1.807, 2.05) is 0 Å². The Morgan fingerprint density at radius 3 is 2.37 bits per heavy atom. The van der Waals surface area contributed by atoms with Crippen LogP contribution in [0.4, 0.5) is 0 Å². The molecule has 1 saturated heterocycles. The lowest BCUT2D eigenvalue weighted by molar-refractivity contribution is -0.121. The van der Waals surface area contributed by atoms with Crippen LogP contribution < -0.4 is 11.3 Å². The lowest BCUT2D eigenvalue weighted by Crippen LogP contribution is -2.41. The number of piperidine rings is 1. The first kappa shape index (κ1) is 14.8. The number of nitrogens with two attached hydrogens (primary N) is 1. The maximum Gasteiger partial charge on any atom is 0.233 e. The standard InChI is InChI=1S/C15H29N3O/c16-17-14(19)6-2-5-11-18-12-9-15(10-13-18)7-3-1-4-8-15/h1-13,16H2,(H,17,19). The summed E-state index contributed by atoms with van der Waals surface area (Å²) in [4.78, 5) is 13.6. The predicted molar refractivity (Wildman–Crippen MR) is 77.4 cm³/mol. The van der Waals surface area contributed by atoms with Crippen LogP contribution in [0.3, 0.4) is 0 Å². The molecule has 1 aliphatic heterocycles. The highest BCUT2D eigenvalue weighted by atomic mass is 16.2. The summed E-state index contributed by atoms with van der Waals surface area (Å²) in [6.45, 7) is 3.68. The summed E-state index contributed by atoms with van der Waals surface area (Å²) in [6, 6.07) is 0. The van der Waals surface area contributed by atoms with Crippen LogP contribution in [0.1, 0.15) is 64.2 Å². The van der Waals surface area contributed by atoms with E-state index in [1.54, 1.807) is 0 Å². The van der Waals surface area contributed by atoms with Crippen molar-refractivity contribution in [3.63, 3.8) is 0 Å². The van der Waals surface area contributed by atoms with Gasteiger partial charge in [-0.15, -0.1) is 0 Å². The molecule has 0 aromatic carbocycles. The second-order valence-electron chi connectivity index (χ2n) is 6.43. The molecule has 4 heteroatoms. The summed E-state index contributed by atoms with van der Waals surface area (Å²) in [5.41, 5.74) is 2.89. The zero-order valence-electron chi connectivity index (χ0n) is 12.1. The topological polar surface area (TPSA) is 58.4 Å². The quantitative estimate of drug-likeness (QED) is 0.347. The highest BCUT2D eigenvalue weighted by Crippen LogP contribution is 2.44. The van der Waals surface area contributed by atoms with Crippen molar-refractivity contribution >= 4 is 5.91 Å². The van der Waals surface area contributed by atoms with E-state index in [9.17, 15) is 4.79 Å². The summed E-state index contributed by atoms with van der Waals surface area (Å²) in [5, 5.41) is 0. The van der Waals surface area contributed by atoms with Gasteiger partial charge in [0.25, 0.3) is 0 Å². The molecule has 1 saturated carbocycles. The maximum absolute atomic E-state index is 11.0. The Morgan fingerprint density at radius 2 is 1.74 bits per heavy atom. The molecule has 1 heterocycles. The summed E-state index contributed by atoms with van der Waals surface area (Å²) >= 11 is 0. The SMILES string of the molecule is NNC(=O)CCCCN1CCC2(CCCCC2)CC1. The number of nitrogens with one attached hydrogen (secondary N) is 1. The van der Waals surface area contributed by atoms with Gasteiger partial charge in [0.05, 0.1) is 0 Å². The normalized spacial score (nSPS) is 23.4. The summed E-state index contributed by atoms with van der Waals surface area (Å²) in [5.74, 6) is 5.02. The monoisotopic (exact) mass is 267 g/mol. The van der Waals surface area contributed by atoms with E-state index in [4.69, 9.17) is 5.84 Å². The Bertz CT molecular complexity index is 277. The van der Waals surface area contributed by atoms with Crippen LogP contribution in [-0.4, -0.2) is 30.4 Å². The zero-order chi connectivity index (χ0) is 13.6. The minimum absolute atomic E-state index is 0.0418. The van der Waals surface area contributed by atoms with Gasteiger partial charge in [0.1, 0.15) is 0 Å². The third kappa shape index (κ3) is 4.46. The van der Waals surface area contributed by atoms with Gasteiger partial charge in [-0.25, -0.2) is 5.84 Å². The number of amides is 1. The molecule has 19 heavy (non-hydrogen) atoms. The van der Waals surface area contributed by atoms with Crippen molar-refractivity contribution in [1.82, 2.24) is 10.3 Å². The Balaban J connectivity index is 1.59. The van der Waals surface area contributed by atoms with Crippen LogP contribution in [0.2, 0.25) is 0 Å². The number of nitrogens with zero attached hydrogens (tertiary/aromatic N) is 1. The molecule has 2 rings (SSSR count). The van der Waals surface area contributed by atoms with Gasteiger partial charge < -0.3 is 4.90 Å². The highest BCUT2D eigenvalue weighted by Gasteiger charge is 2.35. The fourth-order valence-electron chi connectivity index (χ4n) is 3.75. The molecular weight excluding hydrogens is 238 g/mol. The van der Waals surface area contributed by atoms with E-state index in [1.165, 1.54) is 58.0 Å². The van der Waals surface area contributed by atoms with Crippen molar-refractivity contribution in [2.75, 3.05) is 19.6 Å². The third-order valence-corrected chi connectivity index (χ3v) is 5.12. The smallest absolute Gasteiger partial charge is 0.233 e. The summed E-state index contributed by atoms with van der Waals surface area (Å²) in [6.07, 6.45) is 12.7. The van der Waals surface area contributed by atoms with Crippen LogP contribution in [0, 0.1) is 5.41 Å². The van der Waals surface area contributed by atoms with Crippen LogP contribution >= 0.6 is 0 Å². The Morgan fingerprint density at radius 1 is 1.05 bits per heavy atom. The van der Waals surface area contributed by atoms with Crippen LogP contribution in [0.15, 0.2) is 0 Å². The zero-order valence-corrected chi connectivity index (χ0v) is 12.1. The van der Waals surface area contributed by atoms with E-state index in [-0.39, 0.29) is 5.91 Å². The first-order valence-corrected chi connectivity index (χ1v) is 7.96. The van der Waals surface area contributed by atoms with E-state index < -0.39 is 0 Å². The molecule has 1 aliphatic carbocycles. The van der Waals surface area contributed by atoms with Gasteiger partial charge in [0.2, 0.25) is 5.91 Å². The van der Waals surface area contributed by atoms with Gasteiger partial charge in [-0.3, -0.25) is 10.2 Å². The molecule has 3 N–H and O–H groups in total. The molecule has 2 fully saturated rings. The number of hydrogen-bond donors (Lipinski definition) is 2. The minimum Gasteiger partial charge on any atom is -0.303 e. The number of likely N-dealkylation sites (tertiary alicyclic amines) is 1. The van der Waals surface area contributed by atoms with Crippen molar-refractivity contribution in [2.45, 2.75) is 64.2 Å². The molecule has 2 aliphatic rings. The van der Waals surface area contributed by atoms with E-state index in [2.05, 4.69) is 10.3 Å². The van der Waals surface area contributed by atoms with E-state index in [0.717, 1.165) is 19.4 Å². The molecule has 110 valence electrons. The number of rotatable bonds is 5. The van der Waals surface area contributed by atoms with Gasteiger partial charge in [-0.2, -0.15) is 0 Å². The van der Waals surface area contributed by atoms with Crippen molar-refractivity contribution in [3.05, 3.63) is 0 Å². The molecule has 0 bridgehead atoms. The van der Waals surface area contributed by atoms with Crippen LogP contribution in [0.25, 0.3) is 0 Å². The number of hydrazine groups is 1. The first-order valence-electron chi connectivity index (χ1n) is 7.96. The van der Waals surface area contributed by atoms with Crippen molar-refractivity contribution in [3.8, 4) is 0 Å². The molecule has 1 amide bonds. The molecule has 0 aromatic heterocycles. The van der Waals surface area contributed by atoms with Crippen molar-refractivity contribution < 1.29 is 4.79 Å². The summed E-state index contributed by atoms with van der Waals surface area (Å²) in [7, 11) is 0. The molecule has 0 atom stereocenters. The largest absolute Gasteiger partial charge is 0.303 e. The van der Waals surface area contributed by atoms with Crippen molar-refractivity contribution in [2.24, 2.45) is 11.3 Å². The number of unbranched alkanes of at least 4 members (excludes halogenated alkanes) is 1. The number of hydrogen-bond acceptors (Lipinski definition) is 3. The average molecular weight is 267 g/mol. The fourth-order valence-corrected chi connectivity index (χ4v) is 3.75. The van der Waals surface area contributed by atoms with E-state index in [0.29, 0.717) is 11.8 Å². The number of carbonyl (C=O) groups is 1. The molecule has 0 aromatic rings. The second-order valence-corrected chi connectivity index (χ2v) is 6.43. The van der Waals surface area contributed by atoms with Gasteiger partial charge in [0, 0.05) is 6.42 Å². The third-order valence-electron chi connectivity index (χ3n) is 5.12. The van der Waals surface area contributed by atoms with Gasteiger partial charge in [-0.05, 0) is 63.6 Å². The Labute approximate surface area is 117 Å². The average Bonchev–Trinajstić information content (AvgIpc) is 2.46. The molecular formula is C15H29N3O. The van der Waals surface area contributed by atoms with Gasteiger partial charge >= 0.3 is 0 Å². The predicted octanol–water partition coefficient (Wildman–Crippen LogP) is 2.19.